The zero-order chi connectivity index (χ0) is 22.5. The summed E-state index contributed by atoms with van der Waals surface area (Å²) < 4.78 is 18.8. The second-order valence-electron chi connectivity index (χ2n) is 7.58. The first-order valence-electron chi connectivity index (χ1n) is 10.6. The molecule has 0 aromatic heterocycles. The van der Waals surface area contributed by atoms with E-state index in [1.54, 1.807) is 29.2 Å². The second-order valence-corrected chi connectivity index (χ2v) is 8.69. The molecule has 164 valence electrons. The van der Waals surface area contributed by atoms with Crippen LogP contribution in [-0.2, 0) is 9.53 Å². The number of carbonyl (C=O) groups is 2. The number of amides is 1. The number of hydrogen-bond acceptors (Lipinski definition) is 4. The Morgan fingerprint density at radius 2 is 1.62 bits per heavy atom. The Hall–Kier alpha value is -3.12. The van der Waals surface area contributed by atoms with Crippen LogP contribution < -0.4 is 0 Å². The Morgan fingerprint density at radius 3 is 2.28 bits per heavy atom. The van der Waals surface area contributed by atoms with Crippen LogP contribution in [0.15, 0.2) is 78.9 Å². The predicted octanol–water partition coefficient (Wildman–Crippen LogP) is 5.70. The zero-order valence-corrected chi connectivity index (χ0v) is 18.6. The number of nitrogens with zero attached hydrogens (tertiary/aromatic N) is 1. The second kappa shape index (κ2) is 10.0. The summed E-state index contributed by atoms with van der Waals surface area (Å²) in [6, 6.07) is 22.7. The van der Waals surface area contributed by atoms with Crippen LogP contribution in [0.1, 0.15) is 34.6 Å². The number of carbonyl (C=O) groups excluding carboxylic acids is 2. The summed E-state index contributed by atoms with van der Waals surface area (Å²) in [7, 11) is 0. The third kappa shape index (κ3) is 4.70. The van der Waals surface area contributed by atoms with Crippen LogP contribution in [0.3, 0.4) is 0 Å². The summed E-state index contributed by atoms with van der Waals surface area (Å²) in [5, 5.41) is -0.393. The highest BCUT2D eigenvalue weighted by Crippen LogP contribution is 2.42. The molecule has 4 nitrogen and oxygen atoms in total. The van der Waals surface area contributed by atoms with E-state index in [0.717, 1.165) is 16.7 Å². The maximum Gasteiger partial charge on any atom is 0.329 e. The molecule has 6 heteroatoms. The van der Waals surface area contributed by atoms with Crippen LogP contribution in [0.4, 0.5) is 4.39 Å². The number of hydrogen-bond donors (Lipinski definition) is 0. The van der Waals surface area contributed by atoms with Crippen molar-refractivity contribution < 1.29 is 18.7 Å². The number of benzene rings is 3. The summed E-state index contributed by atoms with van der Waals surface area (Å²) >= 11 is 1.48. The standard InChI is InChI=1S/C26H24FNO3S/c1-2-16-31-26(30)23-17-32-25(21-12-14-22(27)15-13-21)28(23)24(29)20-10-8-19(9-11-20)18-6-4-3-5-7-18/h3-15,23,25H,2,16-17H2,1H3. The number of thioether (sulfide) groups is 1. The molecule has 0 saturated carbocycles. The first kappa shape index (κ1) is 22.1. The third-order valence-corrected chi connectivity index (χ3v) is 6.67. The molecule has 1 saturated heterocycles. The van der Waals surface area contributed by atoms with Gasteiger partial charge in [0, 0.05) is 11.3 Å². The molecule has 0 aliphatic carbocycles. The van der Waals surface area contributed by atoms with Crippen LogP contribution in [0.2, 0.25) is 0 Å². The zero-order valence-electron chi connectivity index (χ0n) is 17.7. The van der Waals surface area contributed by atoms with Gasteiger partial charge in [-0.3, -0.25) is 4.79 Å². The Morgan fingerprint density at radius 1 is 0.969 bits per heavy atom. The lowest BCUT2D eigenvalue weighted by Gasteiger charge is -2.28. The Labute approximate surface area is 191 Å². The first-order valence-corrected chi connectivity index (χ1v) is 11.6. The fraction of sp³-hybridized carbons (Fsp3) is 0.231. The van der Waals surface area contributed by atoms with Crippen molar-refractivity contribution in [1.29, 1.82) is 0 Å². The highest BCUT2D eigenvalue weighted by atomic mass is 32.2. The van der Waals surface area contributed by atoms with Crippen molar-refractivity contribution in [3.63, 3.8) is 0 Å². The Bertz CT molecular complexity index is 1070. The molecule has 1 amide bonds. The van der Waals surface area contributed by atoms with E-state index in [4.69, 9.17) is 4.74 Å². The molecule has 1 aliphatic heterocycles. The van der Waals surface area contributed by atoms with E-state index in [1.165, 1.54) is 23.9 Å². The van der Waals surface area contributed by atoms with Crippen molar-refractivity contribution in [3.8, 4) is 11.1 Å². The van der Waals surface area contributed by atoms with Crippen LogP contribution in [-0.4, -0.2) is 35.2 Å². The molecular formula is C26H24FNO3S. The molecule has 3 aromatic rings. The summed E-state index contributed by atoms with van der Waals surface area (Å²) in [6.07, 6.45) is 0.710. The Balaban J connectivity index is 1.63. The van der Waals surface area contributed by atoms with Crippen molar-refractivity contribution in [3.05, 3.63) is 95.8 Å². The highest BCUT2D eigenvalue weighted by molar-refractivity contribution is 7.99. The van der Waals surface area contributed by atoms with Crippen molar-refractivity contribution in [2.75, 3.05) is 12.4 Å². The minimum absolute atomic E-state index is 0.248. The molecule has 2 unspecified atom stereocenters. The number of halogens is 1. The van der Waals surface area contributed by atoms with Gasteiger partial charge in [-0.2, -0.15) is 0 Å². The predicted molar refractivity (Wildman–Crippen MR) is 125 cm³/mol. The number of rotatable bonds is 6. The van der Waals surface area contributed by atoms with Gasteiger partial charge in [-0.05, 0) is 47.4 Å². The van der Waals surface area contributed by atoms with Crippen molar-refractivity contribution >= 4 is 23.6 Å². The minimum Gasteiger partial charge on any atom is -0.464 e. The first-order chi connectivity index (χ1) is 15.6. The lowest BCUT2D eigenvalue weighted by molar-refractivity contribution is -0.148. The molecule has 1 aliphatic rings. The van der Waals surface area contributed by atoms with Gasteiger partial charge in [0.25, 0.3) is 5.91 Å². The normalized spacial score (nSPS) is 17.9. The molecule has 1 heterocycles. The Kier molecular flexibility index (Phi) is 6.90. The van der Waals surface area contributed by atoms with Gasteiger partial charge >= 0.3 is 5.97 Å². The largest absolute Gasteiger partial charge is 0.464 e. The maximum absolute atomic E-state index is 13.6. The molecule has 32 heavy (non-hydrogen) atoms. The average Bonchev–Trinajstić information content (AvgIpc) is 3.28. The van der Waals surface area contributed by atoms with Crippen molar-refractivity contribution in [2.24, 2.45) is 0 Å². The minimum atomic E-state index is -0.692. The molecule has 0 bridgehead atoms. The van der Waals surface area contributed by atoms with Gasteiger partial charge in [-0.1, -0.05) is 61.5 Å². The van der Waals surface area contributed by atoms with E-state index in [0.29, 0.717) is 24.3 Å². The lowest BCUT2D eigenvalue weighted by atomic mass is 10.0. The van der Waals surface area contributed by atoms with Gasteiger partial charge in [-0.25, -0.2) is 9.18 Å². The van der Waals surface area contributed by atoms with Crippen LogP contribution in [0.25, 0.3) is 11.1 Å². The van der Waals surface area contributed by atoms with Gasteiger partial charge in [0.2, 0.25) is 0 Å². The quantitative estimate of drug-likeness (QED) is 0.453. The van der Waals surface area contributed by atoms with Gasteiger partial charge in [0.05, 0.1) is 6.61 Å². The molecule has 4 rings (SSSR count). The molecular weight excluding hydrogens is 425 g/mol. The molecule has 2 atom stereocenters. The van der Waals surface area contributed by atoms with E-state index in [9.17, 15) is 14.0 Å². The molecule has 3 aromatic carbocycles. The smallest absolute Gasteiger partial charge is 0.329 e. The van der Waals surface area contributed by atoms with Crippen LogP contribution >= 0.6 is 11.8 Å². The van der Waals surface area contributed by atoms with E-state index in [2.05, 4.69) is 0 Å². The number of ether oxygens (including phenoxy) is 1. The maximum atomic E-state index is 13.6. The fourth-order valence-corrected chi connectivity index (χ4v) is 5.12. The van der Waals surface area contributed by atoms with Gasteiger partial charge in [0.1, 0.15) is 17.2 Å². The third-order valence-electron chi connectivity index (χ3n) is 5.35. The average molecular weight is 450 g/mol. The fourth-order valence-electron chi connectivity index (χ4n) is 3.70. The summed E-state index contributed by atoms with van der Waals surface area (Å²) in [6.45, 7) is 2.24. The van der Waals surface area contributed by atoms with Crippen molar-refractivity contribution in [2.45, 2.75) is 24.8 Å². The summed E-state index contributed by atoms with van der Waals surface area (Å²) in [5.41, 5.74) is 3.34. The van der Waals surface area contributed by atoms with E-state index >= 15 is 0 Å². The summed E-state index contributed by atoms with van der Waals surface area (Å²) in [4.78, 5) is 27.9. The van der Waals surface area contributed by atoms with E-state index < -0.39 is 17.4 Å². The van der Waals surface area contributed by atoms with Gasteiger partial charge in [-0.15, -0.1) is 11.8 Å². The topological polar surface area (TPSA) is 46.6 Å². The monoisotopic (exact) mass is 449 g/mol. The van der Waals surface area contributed by atoms with E-state index in [-0.39, 0.29) is 11.7 Å². The van der Waals surface area contributed by atoms with Gasteiger partial charge in [0.15, 0.2) is 0 Å². The van der Waals surface area contributed by atoms with Crippen LogP contribution in [0.5, 0.6) is 0 Å². The number of esters is 1. The van der Waals surface area contributed by atoms with Gasteiger partial charge < -0.3 is 9.64 Å². The molecule has 0 radical (unpaired) electrons. The van der Waals surface area contributed by atoms with Crippen molar-refractivity contribution in [1.82, 2.24) is 4.90 Å². The highest BCUT2D eigenvalue weighted by Gasteiger charge is 2.43. The molecule has 0 spiro atoms. The molecule has 1 fully saturated rings. The summed E-state index contributed by atoms with van der Waals surface area (Å²) in [5.74, 6) is -0.566. The SMILES string of the molecule is CCCOC(=O)C1CSC(c2ccc(F)cc2)N1C(=O)c1ccc(-c2ccccc2)cc1. The van der Waals surface area contributed by atoms with E-state index in [1.807, 2.05) is 49.4 Å². The lowest BCUT2D eigenvalue weighted by Crippen LogP contribution is -2.44. The van der Waals surface area contributed by atoms with Crippen LogP contribution in [0, 0.1) is 5.82 Å². The molecule has 0 N–H and O–H groups in total.